The van der Waals surface area contributed by atoms with Crippen molar-refractivity contribution in [3.05, 3.63) is 23.8 Å². The van der Waals surface area contributed by atoms with Crippen molar-refractivity contribution in [1.82, 2.24) is 4.90 Å². The van der Waals surface area contributed by atoms with Gasteiger partial charge in [0.15, 0.2) is 11.5 Å². The number of ketones is 1. The van der Waals surface area contributed by atoms with Crippen LogP contribution in [0.2, 0.25) is 0 Å². The van der Waals surface area contributed by atoms with Gasteiger partial charge in [-0.2, -0.15) is 0 Å². The number of carbonyl (C=O) groups is 3. The number of Topliss-reactive ketones (excluding diaryl/α,β-unsaturated/α-hetero) is 1. The summed E-state index contributed by atoms with van der Waals surface area (Å²) in [5.74, 6) is -1.14. The van der Waals surface area contributed by atoms with Gasteiger partial charge in [0.25, 0.3) is 11.7 Å². The average Bonchev–Trinajstić information content (AvgIpc) is 2.84. The molecule has 8 heteroatoms. The molecule has 1 aliphatic heterocycles. The molecule has 182 valence electrons. The smallest absolute Gasteiger partial charge is 0.328 e. The Morgan fingerprint density at radius 1 is 1.06 bits per heavy atom. The number of aliphatic hydroxyl groups is 1. The third kappa shape index (κ3) is 5.49. The van der Waals surface area contributed by atoms with E-state index in [1.807, 2.05) is 12.1 Å². The van der Waals surface area contributed by atoms with E-state index in [9.17, 15) is 19.5 Å². The number of nitrogens with zero attached hydrogens (tertiary/aromatic N) is 1. The van der Waals surface area contributed by atoms with Crippen LogP contribution in [0.5, 0.6) is 11.5 Å². The number of rotatable bonds is 8. The third-order valence-corrected chi connectivity index (χ3v) is 6.97. The van der Waals surface area contributed by atoms with Gasteiger partial charge >= 0.3 is 5.97 Å². The lowest BCUT2D eigenvalue weighted by molar-refractivity contribution is -0.167. The SMILES string of the molecule is COc1ccc(CCOC(=O)C2CCCCN2C(=O)C(=O)[C@@]2(O)CCCC[C@H]2C)cc1OC. The molecule has 1 amide bonds. The molecule has 3 atom stereocenters. The van der Waals surface area contributed by atoms with Crippen molar-refractivity contribution >= 4 is 17.7 Å². The highest BCUT2D eigenvalue weighted by Crippen LogP contribution is 2.35. The molecule has 8 nitrogen and oxygen atoms in total. The first-order valence-electron chi connectivity index (χ1n) is 11.8. The predicted molar refractivity (Wildman–Crippen MR) is 121 cm³/mol. The second kappa shape index (κ2) is 11.0. The van der Waals surface area contributed by atoms with Gasteiger partial charge in [-0.1, -0.05) is 25.8 Å². The number of esters is 1. The van der Waals surface area contributed by atoms with Gasteiger partial charge in [-0.15, -0.1) is 0 Å². The summed E-state index contributed by atoms with van der Waals surface area (Å²) in [5.41, 5.74) is -0.727. The number of amides is 1. The van der Waals surface area contributed by atoms with E-state index in [4.69, 9.17) is 14.2 Å². The van der Waals surface area contributed by atoms with E-state index in [-0.39, 0.29) is 18.9 Å². The highest BCUT2D eigenvalue weighted by atomic mass is 16.5. The molecule has 0 aromatic heterocycles. The summed E-state index contributed by atoms with van der Waals surface area (Å²) in [5, 5.41) is 10.9. The molecule has 1 N–H and O–H groups in total. The Morgan fingerprint density at radius 3 is 2.48 bits per heavy atom. The van der Waals surface area contributed by atoms with Gasteiger partial charge < -0.3 is 24.2 Å². The molecular formula is C25H35NO7. The maximum absolute atomic E-state index is 13.1. The van der Waals surface area contributed by atoms with Crippen LogP contribution in [-0.2, 0) is 25.5 Å². The summed E-state index contributed by atoms with van der Waals surface area (Å²) in [6, 6.07) is 4.69. The van der Waals surface area contributed by atoms with Crippen LogP contribution in [0.15, 0.2) is 18.2 Å². The lowest BCUT2D eigenvalue weighted by Crippen LogP contribution is -2.58. The van der Waals surface area contributed by atoms with Crippen molar-refractivity contribution in [2.45, 2.75) is 69.9 Å². The van der Waals surface area contributed by atoms with E-state index in [1.165, 1.54) is 4.90 Å². The first-order chi connectivity index (χ1) is 15.8. The Morgan fingerprint density at radius 2 is 1.79 bits per heavy atom. The monoisotopic (exact) mass is 461 g/mol. The second-order valence-corrected chi connectivity index (χ2v) is 9.02. The summed E-state index contributed by atoms with van der Waals surface area (Å²) in [4.78, 5) is 40.2. The fourth-order valence-corrected chi connectivity index (χ4v) is 4.80. The zero-order chi connectivity index (χ0) is 24.0. The minimum Gasteiger partial charge on any atom is -0.493 e. The molecular weight excluding hydrogens is 426 g/mol. The fourth-order valence-electron chi connectivity index (χ4n) is 4.80. The lowest BCUT2D eigenvalue weighted by atomic mass is 9.73. The zero-order valence-electron chi connectivity index (χ0n) is 19.8. The highest BCUT2D eigenvalue weighted by molar-refractivity contribution is 6.39. The molecule has 3 rings (SSSR count). The largest absolute Gasteiger partial charge is 0.493 e. The lowest BCUT2D eigenvalue weighted by Gasteiger charge is -2.39. The second-order valence-electron chi connectivity index (χ2n) is 9.02. The molecule has 1 aromatic carbocycles. The van der Waals surface area contributed by atoms with Gasteiger partial charge in [-0.3, -0.25) is 9.59 Å². The molecule has 1 saturated carbocycles. The van der Waals surface area contributed by atoms with Gasteiger partial charge in [0.05, 0.1) is 20.8 Å². The number of hydrogen-bond acceptors (Lipinski definition) is 7. The van der Waals surface area contributed by atoms with Gasteiger partial charge in [0.2, 0.25) is 0 Å². The summed E-state index contributed by atoms with van der Waals surface area (Å²) >= 11 is 0. The Kier molecular flexibility index (Phi) is 8.35. The molecule has 1 heterocycles. The minimum atomic E-state index is -1.64. The van der Waals surface area contributed by atoms with E-state index < -0.39 is 29.3 Å². The van der Waals surface area contributed by atoms with Crippen molar-refractivity contribution in [3.8, 4) is 11.5 Å². The summed E-state index contributed by atoms with van der Waals surface area (Å²) in [7, 11) is 3.12. The normalized spacial score (nSPS) is 25.3. The van der Waals surface area contributed by atoms with Crippen molar-refractivity contribution in [1.29, 1.82) is 0 Å². The maximum Gasteiger partial charge on any atom is 0.328 e. The number of benzene rings is 1. The number of methoxy groups -OCH3 is 2. The van der Waals surface area contributed by atoms with Crippen LogP contribution in [0.1, 0.15) is 57.4 Å². The third-order valence-electron chi connectivity index (χ3n) is 6.97. The Labute approximate surface area is 195 Å². The molecule has 1 unspecified atom stereocenters. The quantitative estimate of drug-likeness (QED) is 0.469. The molecule has 2 aliphatic rings. The standard InChI is InChI=1S/C25H35NO7/c1-17-8-4-6-13-25(17,30)22(27)23(28)26-14-7-5-9-19(26)24(29)33-15-12-18-10-11-20(31-2)21(16-18)32-3/h10-11,16-17,19,30H,4-9,12-15H2,1-3H3/t17-,19?,25-/m1/s1. The topological polar surface area (TPSA) is 102 Å². The molecule has 1 saturated heterocycles. The maximum atomic E-state index is 13.1. The van der Waals surface area contributed by atoms with Crippen LogP contribution < -0.4 is 9.47 Å². The molecule has 0 bridgehead atoms. The number of ether oxygens (including phenoxy) is 3. The number of piperidine rings is 1. The van der Waals surface area contributed by atoms with Crippen LogP contribution >= 0.6 is 0 Å². The fraction of sp³-hybridized carbons (Fsp3) is 0.640. The Hall–Kier alpha value is -2.61. The van der Waals surface area contributed by atoms with Gasteiger partial charge in [0, 0.05) is 13.0 Å². The first kappa shape index (κ1) is 25.0. The van der Waals surface area contributed by atoms with E-state index in [1.54, 1.807) is 27.2 Å². The number of likely N-dealkylation sites (tertiary alicyclic amines) is 1. The highest BCUT2D eigenvalue weighted by Gasteiger charge is 2.48. The zero-order valence-corrected chi connectivity index (χ0v) is 19.8. The molecule has 2 fully saturated rings. The number of hydrogen-bond donors (Lipinski definition) is 1. The molecule has 1 aliphatic carbocycles. The molecule has 0 spiro atoms. The van der Waals surface area contributed by atoms with Gasteiger partial charge in [-0.25, -0.2) is 4.79 Å². The van der Waals surface area contributed by atoms with Crippen molar-refractivity contribution < 1.29 is 33.7 Å². The first-order valence-corrected chi connectivity index (χ1v) is 11.8. The van der Waals surface area contributed by atoms with Crippen molar-refractivity contribution in [2.24, 2.45) is 5.92 Å². The Balaban J connectivity index is 1.61. The van der Waals surface area contributed by atoms with Crippen LogP contribution in [-0.4, -0.2) is 66.7 Å². The van der Waals surface area contributed by atoms with E-state index in [0.717, 1.165) is 18.4 Å². The van der Waals surface area contributed by atoms with Gasteiger partial charge in [-0.05, 0) is 55.7 Å². The predicted octanol–water partition coefficient (Wildman–Crippen LogP) is 2.68. The Bertz CT molecular complexity index is 870. The van der Waals surface area contributed by atoms with Crippen LogP contribution in [0.3, 0.4) is 0 Å². The van der Waals surface area contributed by atoms with Gasteiger partial charge in [0.1, 0.15) is 11.6 Å². The molecule has 0 radical (unpaired) electrons. The van der Waals surface area contributed by atoms with Crippen LogP contribution in [0.4, 0.5) is 0 Å². The average molecular weight is 462 g/mol. The summed E-state index contributed by atoms with van der Waals surface area (Å²) in [6.07, 6.45) is 5.04. The van der Waals surface area contributed by atoms with E-state index >= 15 is 0 Å². The van der Waals surface area contributed by atoms with Crippen molar-refractivity contribution in [3.63, 3.8) is 0 Å². The minimum absolute atomic E-state index is 0.141. The van der Waals surface area contributed by atoms with Crippen molar-refractivity contribution in [2.75, 3.05) is 27.4 Å². The van der Waals surface area contributed by atoms with E-state index in [2.05, 4.69) is 0 Å². The van der Waals surface area contributed by atoms with Crippen LogP contribution in [0, 0.1) is 5.92 Å². The number of carbonyl (C=O) groups excluding carboxylic acids is 3. The summed E-state index contributed by atoms with van der Waals surface area (Å²) < 4.78 is 16.0. The molecule has 1 aromatic rings. The van der Waals surface area contributed by atoms with Crippen LogP contribution in [0.25, 0.3) is 0 Å². The summed E-state index contributed by atoms with van der Waals surface area (Å²) in [6.45, 7) is 2.26. The molecule has 33 heavy (non-hydrogen) atoms. The van der Waals surface area contributed by atoms with E-state index in [0.29, 0.717) is 50.1 Å².